The second-order valence-corrected chi connectivity index (χ2v) is 5.16. The van der Waals surface area contributed by atoms with Gasteiger partial charge in [-0.3, -0.25) is 4.90 Å². The number of aromatic nitrogens is 2. The van der Waals surface area contributed by atoms with Crippen LogP contribution in [0.2, 0.25) is 0 Å². The number of ether oxygens (including phenoxy) is 1. The van der Waals surface area contributed by atoms with Gasteiger partial charge >= 0.3 is 0 Å². The fraction of sp³-hybridized carbons (Fsp3) is 0.467. The summed E-state index contributed by atoms with van der Waals surface area (Å²) in [4.78, 5) is 6.76. The minimum Gasteiger partial charge on any atom is -0.374 e. The normalized spacial score (nSPS) is 19.8. The fourth-order valence-corrected chi connectivity index (χ4v) is 2.49. The van der Waals surface area contributed by atoms with Gasteiger partial charge in [-0.05, 0) is 7.05 Å². The first kappa shape index (κ1) is 14.2. The van der Waals surface area contributed by atoms with Gasteiger partial charge in [0.05, 0.1) is 19.3 Å². The number of morpholine rings is 1. The molecule has 6 heteroatoms. The van der Waals surface area contributed by atoms with Crippen molar-refractivity contribution in [1.29, 1.82) is 0 Å². The number of rotatable bonds is 5. The average molecular weight is 288 g/mol. The predicted molar refractivity (Wildman–Crippen MR) is 78.7 cm³/mol. The Kier molecular flexibility index (Phi) is 4.59. The van der Waals surface area contributed by atoms with Crippen LogP contribution in [0.15, 0.2) is 34.9 Å². The maximum atomic E-state index is 5.69. The highest BCUT2D eigenvalue weighted by molar-refractivity contribution is 5.53. The summed E-state index contributed by atoms with van der Waals surface area (Å²) in [5, 5.41) is 7.20. The third-order valence-electron chi connectivity index (χ3n) is 3.51. The number of nitrogens with zero attached hydrogens (tertiary/aromatic N) is 3. The third kappa shape index (κ3) is 3.66. The zero-order valence-corrected chi connectivity index (χ0v) is 12.2. The van der Waals surface area contributed by atoms with Crippen LogP contribution in [0, 0.1) is 0 Å². The van der Waals surface area contributed by atoms with Crippen molar-refractivity contribution in [2.45, 2.75) is 12.6 Å². The van der Waals surface area contributed by atoms with Crippen LogP contribution < -0.4 is 5.32 Å². The molecule has 0 spiro atoms. The van der Waals surface area contributed by atoms with Crippen LogP contribution in [-0.4, -0.2) is 54.4 Å². The average Bonchev–Trinajstić information content (AvgIpc) is 2.97. The Morgan fingerprint density at radius 3 is 3.00 bits per heavy atom. The minimum absolute atomic E-state index is 0.222. The second-order valence-electron chi connectivity index (χ2n) is 5.16. The highest BCUT2D eigenvalue weighted by Crippen LogP contribution is 2.16. The Bertz CT molecular complexity index is 556. The Morgan fingerprint density at radius 2 is 2.19 bits per heavy atom. The Balaban J connectivity index is 1.62. The molecule has 1 N–H and O–H groups in total. The summed E-state index contributed by atoms with van der Waals surface area (Å²) in [6.07, 6.45) is 0.222. The van der Waals surface area contributed by atoms with Crippen molar-refractivity contribution >= 4 is 0 Å². The molecule has 21 heavy (non-hydrogen) atoms. The lowest BCUT2D eigenvalue weighted by atomic mass is 10.2. The molecule has 1 aromatic heterocycles. The van der Waals surface area contributed by atoms with Gasteiger partial charge in [0.1, 0.15) is 0 Å². The van der Waals surface area contributed by atoms with Gasteiger partial charge in [0, 0.05) is 25.2 Å². The zero-order chi connectivity index (χ0) is 14.5. The Morgan fingerprint density at radius 1 is 1.33 bits per heavy atom. The summed E-state index contributed by atoms with van der Waals surface area (Å²) in [6, 6.07) is 9.87. The van der Waals surface area contributed by atoms with Gasteiger partial charge in [-0.1, -0.05) is 35.5 Å². The molecule has 2 aromatic rings. The van der Waals surface area contributed by atoms with Crippen molar-refractivity contribution in [2.24, 2.45) is 0 Å². The number of nitrogens with one attached hydrogen (secondary N) is 1. The molecule has 1 aliphatic heterocycles. The molecule has 1 saturated heterocycles. The molecule has 0 saturated carbocycles. The van der Waals surface area contributed by atoms with Crippen LogP contribution in [-0.2, 0) is 11.3 Å². The van der Waals surface area contributed by atoms with E-state index in [9.17, 15) is 0 Å². The van der Waals surface area contributed by atoms with Gasteiger partial charge in [0.2, 0.25) is 11.7 Å². The van der Waals surface area contributed by atoms with Crippen LogP contribution in [0.4, 0.5) is 0 Å². The molecule has 1 aromatic carbocycles. The quantitative estimate of drug-likeness (QED) is 0.890. The van der Waals surface area contributed by atoms with E-state index < -0.39 is 0 Å². The summed E-state index contributed by atoms with van der Waals surface area (Å²) in [7, 11) is 1.94. The summed E-state index contributed by atoms with van der Waals surface area (Å²) < 4.78 is 11.0. The van der Waals surface area contributed by atoms with Crippen molar-refractivity contribution < 1.29 is 9.26 Å². The van der Waals surface area contributed by atoms with E-state index in [0.29, 0.717) is 18.3 Å². The number of benzene rings is 1. The predicted octanol–water partition coefficient (Wildman–Crippen LogP) is 1.16. The molecule has 3 rings (SSSR count). The second kappa shape index (κ2) is 6.80. The Labute approximate surface area is 124 Å². The molecule has 1 fully saturated rings. The van der Waals surface area contributed by atoms with E-state index in [1.54, 1.807) is 0 Å². The van der Waals surface area contributed by atoms with E-state index in [1.807, 2.05) is 37.4 Å². The highest BCUT2D eigenvalue weighted by atomic mass is 16.5. The van der Waals surface area contributed by atoms with Crippen molar-refractivity contribution in [2.75, 3.05) is 33.3 Å². The van der Waals surface area contributed by atoms with E-state index in [1.165, 1.54) is 0 Å². The van der Waals surface area contributed by atoms with Crippen molar-refractivity contribution in [3.8, 4) is 11.4 Å². The molecular formula is C15H20N4O2. The molecule has 2 heterocycles. The number of likely N-dealkylation sites (N-methyl/N-ethyl adjacent to an activating group) is 1. The number of hydrogen-bond donors (Lipinski definition) is 1. The van der Waals surface area contributed by atoms with Crippen molar-refractivity contribution in [1.82, 2.24) is 20.4 Å². The summed E-state index contributed by atoms with van der Waals surface area (Å²) in [5.74, 6) is 1.30. The molecular weight excluding hydrogens is 268 g/mol. The summed E-state index contributed by atoms with van der Waals surface area (Å²) >= 11 is 0. The van der Waals surface area contributed by atoms with Crippen molar-refractivity contribution in [3.63, 3.8) is 0 Å². The SMILES string of the molecule is CNCC1CN(Cc2nc(-c3ccccc3)no2)CCO1. The van der Waals surface area contributed by atoms with E-state index in [-0.39, 0.29) is 6.10 Å². The lowest BCUT2D eigenvalue weighted by Gasteiger charge is -2.31. The van der Waals surface area contributed by atoms with E-state index in [0.717, 1.165) is 31.8 Å². The zero-order valence-electron chi connectivity index (χ0n) is 12.2. The first-order chi connectivity index (χ1) is 10.3. The van der Waals surface area contributed by atoms with Gasteiger partial charge in [0.25, 0.3) is 0 Å². The molecule has 1 atom stereocenters. The Hall–Kier alpha value is -1.76. The van der Waals surface area contributed by atoms with Crippen LogP contribution in [0.3, 0.4) is 0 Å². The monoisotopic (exact) mass is 288 g/mol. The highest BCUT2D eigenvalue weighted by Gasteiger charge is 2.21. The molecule has 1 unspecified atom stereocenters. The number of hydrogen-bond acceptors (Lipinski definition) is 6. The first-order valence-corrected chi connectivity index (χ1v) is 7.21. The van der Waals surface area contributed by atoms with E-state index in [2.05, 4.69) is 20.4 Å². The summed E-state index contributed by atoms with van der Waals surface area (Å²) in [6.45, 7) is 4.04. The molecule has 0 aliphatic carbocycles. The molecule has 1 aliphatic rings. The molecule has 0 amide bonds. The smallest absolute Gasteiger partial charge is 0.241 e. The van der Waals surface area contributed by atoms with Crippen LogP contribution in [0.25, 0.3) is 11.4 Å². The lowest BCUT2D eigenvalue weighted by molar-refractivity contribution is -0.0318. The van der Waals surface area contributed by atoms with Crippen molar-refractivity contribution in [3.05, 3.63) is 36.2 Å². The van der Waals surface area contributed by atoms with E-state index in [4.69, 9.17) is 9.26 Å². The van der Waals surface area contributed by atoms with Crippen LogP contribution in [0.1, 0.15) is 5.89 Å². The maximum Gasteiger partial charge on any atom is 0.241 e. The van der Waals surface area contributed by atoms with Gasteiger partial charge in [-0.25, -0.2) is 0 Å². The summed E-state index contributed by atoms with van der Waals surface area (Å²) in [5.41, 5.74) is 0.975. The molecule has 0 bridgehead atoms. The fourth-order valence-electron chi connectivity index (χ4n) is 2.49. The standard InChI is InChI=1S/C15H20N4O2/c1-16-9-13-10-19(7-8-20-13)11-14-17-15(18-21-14)12-5-3-2-4-6-12/h2-6,13,16H,7-11H2,1H3. The molecule has 6 nitrogen and oxygen atoms in total. The van der Waals surface area contributed by atoms with Gasteiger partial charge in [0.15, 0.2) is 0 Å². The first-order valence-electron chi connectivity index (χ1n) is 7.21. The van der Waals surface area contributed by atoms with E-state index >= 15 is 0 Å². The van der Waals surface area contributed by atoms with Gasteiger partial charge in [-0.15, -0.1) is 0 Å². The maximum absolute atomic E-state index is 5.69. The topological polar surface area (TPSA) is 63.4 Å². The van der Waals surface area contributed by atoms with Crippen LogP contribution in [0.5, 0.6) is 0 Å². The third-order valence-corrected chi connectivity index (χ3v) is 3.51. The molecule has 0 radical (unpaired) electrons. The van der Waals surface area contributed by atoms with Gasteiger partial charge in [-0.2, -0.15) is 4.98 Å². The molecule has 112 valence electrons. The largest absolute Gasteiger partial charge is 0.374 e. The minimum atomic E-state index is 0.222. The van der Waals surface area contributed by atoms with Crippen LogP contribution >= 0.6 is 0 Å². The lowest BCUT2D eigenvalue weighted by Crippen LogP contribution is -2.45. The van der Waals surface area contributed by atoms with Gasteiger partial charge < -0.3 is 14.6 Å².